The zero-order chi connectivity index (χ0) is 26.7. The van der Waals surface area contributed by atoms with Crippen molar-refractivity contribution in [2.45, 2.75) is 4.90 Å². The van der Waals surface area contributed by atoms with Gasteiger partial charge in [-0.15, -0.1) is 0 Å². The third kappa shape index (κ3) is 5.67. The molecule has 3 aromatic heterocycles. The van der Waals surface area contributed by atoms with Crippen molar-refractivity contribution in [1.29, 1.82) is 0 Å². The van der Waals surface area contributed by atoms with Gasteiger partial charge in [-0.3, -0.25) is 13.9 Å². The molecule has 0 saturated heterocycles. The van der Waals surface area contributed by atoms with Gasteiger partial charge in [-0.25, -0.2) is 27.2 Å². The van der Waals surface area contributed by atoms with Crippen LogP contribution < -0.4 is 19.8 Å². The molecule has 0 aliphatic carbocycles. The molecule has 0 spiro atoms. The number of fused-ring (bicyclic) bond motifs is 1. The minimum Gasteiger partial charge on any atom is -0.485 e. The molecule has 0 amide bonds. The molecule has 4 rings (SSSR count). The Labute approximate surface area is 211 Å². The third-order valence-corrected chi connectivity index (χ3v) is 6.67. The van der Waals surface area contributed by atoms with Crippen molar-refractivity contribution in [2.24, 2.45) is 0 Å². The number of nitrogens with zero attached hydrogens (tertiary/aromatic N) is 4. The van der Waals surface area contributed by atoms with Crippen LogP contribution in [0.5, 0.6) is 11.6 Å². The van der Waals surface area contributed by atoms with Crippen LogP contribution >= 0.6 is 0 Å². The number of rotatable bonds is 9. The molecule has 0 radical (unpaired) electrons. The summed E-state index contributed by atoms with van der Waals surface area (Å²) in [5, 5.41) is 0. The van der Waals surface area contributed by atoms with Gasteiger partial charge < -0.3 is 14.4 Å². The van der Waals surface area contributed by atoms with Crippen LogP contribution in [0.2, 0.25) is 0 Å². The SMILES string of the molecule is COc1ncc(-c2ccc3ncc(OCCN(C)C)c(=O)n3c2)cc1NS(=O)(=O)c1ccc(F)cc1F. The molecule has 0 fully saturated rings. The van der Waals surface area contributed by atoms with Crippen LogP contribution in [0, 0.1) is 11.6 Å². The summed E-state index contributed by atoms with van der Waals surface area (Å²) in [6.07, 6.45) is 4.31. The first-order chi connectivity index (χ1) is 17.6. The van der Waals surface area contributed by atoms with E-state index in [4.69, 9.17) is 9.47 Å². The van der Waals surface area contributed by atoms with Crippen LogP contribution in [-0.2, 0) is 10.0 Å². The minimum atomic E-state index is -4.45. The number of pyridine rings is 2. The van der Waals surface area contributed by atoms with Gasteiger partial charge in [-0.1, -0.05) is 0 Å². The van der Waals surface area contributed by atoms with Gasteiger partial charge in [0.1, 0.15) is 34.5 Å². The molecule has 0 bridgehead atoms. The average Bonchev–Trinajstić information content (AvgIpc) is 2.84. The summed E-state index contributed by atoms with van der Waals surface area (Å²) in [5.41, 5.74) is 0.800. The van der Waals surface area contributed by atoms with E-state index in [1.807, 2.05) is 19.0 Å². The Kier molecular flexibility index (Phi) is 7.36. The normalized spacial score (nSPS) is 11.6. The Hall–Kier alpha value is -4.10. The summed E-state index contributed by atoms with van der Waals surface area (Å²) in [4.78, 5) is 22.5. The maximum atomic E-state index is 14.2. The molecule has 1 N–H and O–H groups in total. The highest BCUT2D eigenvalue weighted by molar-refractivity contribution is 7.92. The van der Waals surface area contributed by atoms with Gasteiger partial charge in [0, 0.05) is 36.1 Å². The van der Waals surface area contributed by atoms with Crippen LogP contribution in [0.15, 0.2) is 64.7 Å². The quantitative estimate of drug-likeness (QED) is 0.351. The molecule has 0 saturated carbocycles. The molecule has 3 heterocycles. The van der Waals surface area contributed by atoms with E-state index in [-0.39, 0.29) is 17.3 Å². The van der Waals surface area contributed by atoms with E-state index >= 15 is 0 Å². The number of nitrogens with one attached hydrogen (secondary N) is 1. The molecule has 4 aromatic rings. The van der Waals surface area contributed by atoms with Crippen molar-refractivity contribution in [3.8, 4) is 22.8 Å². The fourth-order valence-corrected chi connectivity index (χ4v) is 4.51. The second-order valence-electron chi connectivity index (χ2n) is 8.19. The molecule has 37 heavy (non-hydrogen) atoms. The number of halogens is 2. The molecule has 194 valence electrons. The van der Waals surface area contributed by atoms with Gasteiger partial charge in [0.2, 0.25) is 11.6 Å². The number of sulfonamides is 1. The molecular formula is C24H23F2N5O5S. The van der Waals surface area contributed by atoms with Crippen molar-refractivity contribution < 1.29 is 26.7 Å². The Morgan fingerprint density at radius 1 is 1.05 bits per heavy atom. The lowest BCUT2D eigenvalue weighted by Gasteiger charge is -2.14. The number of benzene rings is 1. The average molecular weight is 532 g/mol. The van der Waals surface area contributed by atoms with Gasteiger partial charge >= 0.3 is 0 Å². The van der Waals surface area contributed by atoms with Crippen LogP contribution in [0.3, 0.4) is 0 Å². The minimum absolute atomic E-state index is 0.0777. The highest BCUT2D eigenvalue weighted by atomic mass is 32.2. The Bertz CT molecular complexity index is 1630. The lowest BCUT2D eigenvalue weighted by molar-refractivity contribution is 0.257. The Morgan fingerprint density at radius 3 is 2.54 bits per heavy atom. The largest absolute Gasteiger partial charge is 0.485 e. The summed E-state index contributed by atoms with van der Waals surface area (Å²) in [5.74, 6) is -2.16. The standard InChI is InChI=1S/C24H23F2N5O5S/c1-30(2)8-9-36-20-13-27-22-7-4-15(14-31(22)24(20)32)16-10-19(23(35-3)28-12-16)29-37(33,34)21-6-5-17(25)11-18(21)26/h4-7,10-14,29H,8-9H2,1-3H3. The van der Waals surface area contributed by atoms with Gasteiger partial charge in [0.15, 0.2) is 0 Å². The van der Waals surface area contributed by atoms with Crippen molar-refractivity contribution in [3.05, 3.63) is 77.0 Å². The fraction of sp³-hybridized carbons (Fsp3) is 0.208. The zero-order valence-corrected chi connectivity index (χ0v) is 20.9. The molecular weight excluding hydrogens is 508 g/mol. The van der Waals surface area contributed by atoms with Crippen molar-refractivity contribution in [3.63, 3.8) is 0 Å². The predicted octanol–water partition coefficient (Wildman–Crippen LogP) is 2.78. The molecule has 0 unspecified atom stereocenters. The van der Waals surface area contributed by atoms with E-state index in [9.17, 15) is 22.0 Å². The molecule has 13 heteroatoms. The maximum absolute atomic E-state index is 14.2. The molecule has 1 aromatic carbocycles. The topological polar surface area (TPSA) is 115 Å². The summed E-state index contributed by atoms with van der Waals surface area (Å²) < 4.78 is 67.3. The van der Waals surface area contributed by atoms with E-state index in [1.54, 1.807) is 12.1 Å². The number of hydrogen-bond donors (Lipinski definition) is 1. The highest BCUT2D eigenvalue weighted by Gasteiger charge is 2.22. The first-order valence-corrected chi connectivity index (χ1v) is 12.4. The lowest BCUT2D eigenvalue weighted by Crippen LogP contribution is -2.23. The van der Waals surface area contributed by atoms with E-state index in [0.717, 1.165) is 12.1 Å². The van der Waals surface area contributed by atoms with Crippen molar-refractivity contribution in [1.82, 2.24) is 19.3 Å². The van der Waals surface area contributed by atoms with Gasteiger partial charge in [0.05, 0.1) is 13.3 Å². The van der Waals surface area contributed by atoms with Gasteiger partial charge in [-0.2, -0.15) is 0 Å². The first-order valence-electron chi connectivity index (χ1n) is 10.9. The number of aromatic nitrogens is 3. The summed E-state index contributed by atoms with van der Waals surface area (Å²) in [6, 6.07) is 6.83. The fourth-order valence-electron chi connectivity index (χ4n) is 3.41. The van der Waals surface area contributed by atoms with Crippen LogP contribution in [0.25, 0.3) is 16.8 Å². The highest BCUT2D eigenvalue weighted by Crippen LogP contribution is 2.30. The Morgan fingerprint density at radius 2 is 1.84 bits per heavy atom. The van der Waals surface area contributed by atoms with E-state index in [1.165, 1.54) is 36.2 Å². The van der Waals surface area contributed by atoms with Crippen LogP contribution in [0.4, 0.5) is 14.5 Å². The predicted molar refractivity (Wildman–Crippen MR) is 132 cm³/mol. The molecule has 0 aliphatic heterocycles. The molecule has 10 nitrogen and oxygen atoms in total. The van der Waals surface area contributed by atoms with E-state index < -0.39 is 32.1 Å². The van der Waals surface area contributed by atoms with E-state index in [2.05, 4.69) is 14.7 Å². The Balaban J connectivity index is 1.71. The van der Waals surface area contributed by atoms with Gasteiger partial charge in [0.25, 0.3) is 15.6 Å². The van der Waals surface area contributed by atoms with Gasteiger partial charge in [-0.05, 0) is 44.4 Å². The van der Waals surface area contributed by atoms with Crippen LogP contribution in [-0.4, -0.2) is 62.0 Å². The van der Waals surface area contributed by atoms with Crippen molar-refractivity contribution in [2.75, 3.05) is 39.1 Å². The number of methoxy groups -OCH3 is 1. The second kappa shape index (κ2) is 10.5. The number of anilines is 1. The smallest absolute Gasteiger partial charge is 0.300 e. The molecule has 0 aliphatic rings. The van der Waals surface area contributed by atoms with Crippen LogP contribution in [0.1, 0.15) is 0 Å². The van der Waals surface area contributed by atoms with E-state index in [0.29, 0.717) is 36.0 Å². The number of hydrogen-bond acceptors (Lipinski definition) is 8. The summed E-state index contributed by atoms with van der Waals surface area (Å²) in [7, 11) is 0.605. The lowest BCUT2D eigenvalue weighted by atomic mass is 10.1. The number of ether oxygens (including phenoxy) is 2. The third-order valence-electron chi connectivity index (χ3n) is 5.27. The summed E-state index contributed by atoms with van der Waals surface area (Å²) in [6.45, 7) is 0.913. The maximum Gasteiger partial charge on any atom is 0.300 e. The van der Waals surface area contributed by atoms with Crippen molar-refractivity contribution >= 4 is 21.4 Å². The monoisotopic (exact) mass is 531 g/mol. The second-order valence-corrected chi connectivity index (χ2v) is 9.84. The molecule has 0 atom stereocenters. The zero-order valence-electron chi connectivity index (χ0n) is 20.1. The summed E-state index contributed by atoms with van der Waals surface area (Å²) >= 11 is 0. The number of likely N-dealkylation sites (N-methyl/N-ethyl adjacent to an activating group) is 1. The first kappa shape index (κ1) is 26.0.